The predicted molar refractivity (Wildman–Crippen MR) is 34.7 cm³/mol. The summed E-state index contributed by atoms with van der Waals surface area (Å²) in [4.78, 5) is 0. The van der Waals surface area contributed by atoms with Crippen molar-refractivity contribution in [2.45, 2.75) is 25.3 Å². The molecule has 0 aromatic rings. The largest absolute Gasteiger partial charge is 0.329 e. The quantitative estimate of drug-likeness (QED) is 0.545. The van der Waals surface area contributed by atoms with Gasteiger partial charge in [-0.3, -0.25) is 0 Å². The lowest BCUT2D eigenvalue weighted by atomic mass is 10.3. The van der Waals surface area contributed by atoms with E-state index in [-0.39, 0.29) is 0 Å². The van der Waals surface area contributed by atoms with Crippen molar-refractivity contribution in [2.75, 3.05) is 13.1 Å². The van der Waals surface area contributed by atoms with Crippen LogP contribution in [0.5, 0.6) is 0 Å². The molecule has 2 nitrogen and oxygen atoms in total. The van der Waals surface area contributed by atoms with E-state index in [1.165, 1.54) is 12.8 Å². The van der Waals surface area contributed by atoms with Gasteiger partial charge in [0.2, 0.25) is 0 Å². The molecule has 1 saturated carbocycles. The Labute approximate surface area is 50.4 Å². The Morgan fingerprint density at radius 1 is 1.62 bits per heavy atom. The first kappa shape index (κ1) is 6.05. The first-order valence-electron chi connectivity index (χ1n) is 3.28. The first-order valence-corrected chi connectivity index (χ1v) is 3.28. The molecule has 0 unspecified atom stereocenters. The lowest BCUT2D eigenvalue weighted by molar-refractivity contribution is 0.524. The number of nitrogens with two attached hydrogens (primary N) is 1. The average molecular weight is 114 g/mol. The summed E-state index contributed by atoms with van der Waals surface area (Å²) in [5.74, 6) is 0. The van der Waals surface area contributed by atoms with Gasteiger partial charge >= 0.3 is 0 Å². The third kappa shape index (κ3) is 1.01. The zero-order valence-corrected chi connectivity index (χ0v) is 5.41. The van der Waals surface area contributed by atoms with Gasteiger partial charge in [0, 0.05) is 12.1 Å². The van der Waals surface area contributed by atoms with Crippen molar-refractivity contribution in [1.29, 1.82) is 0 Å². The molecule has 0 bridgehead atoms. The Balaban J connectivity index is 2.20. The van der Waals surface area contributed by atoms with Crippen LogP contribution in [0.4, 0.5) is 0 Å². The Hall–Kier alpha value is -0.0800. The van der Waals surface area contributed by atoms with Crippen LogP contribution < -0.4 is 11.1 Å². The van der Waals surface area contributed by atoms with E-state index in [4.69, 9.17) is 5.73 Å². The number of nitrogens with one attached hydrogen (secondary N) is 1. The molecule has 8 heavy (non-hydrogen) atoms. The Kier molecular flexibility index (Phi) is 1.54. The molecule has 0 heterocycles. The van der Waals surface area contributed by atoms with E-state index in [9.17, 15) is 0 Å². The summed E-state index contributed by atoms with van der Waals surface area (Å²) in [5, 5.41) is 3.36. The fourth-order valence-corrected chi connectivity index (χ4v) is 0.979. The molecule has 1 aliphatic rings. The molecule has 2 heteroatoms. The van der Waals surface area contributed by atoms with Crippen LogP contribution in [0, 0.1) is 0 Å². The van der Waals surface area contributed by atoms with E-state index in [1.54, 1.807) is 0 Å². The summed E-state index contributed by atoms with van der Waals surface area (Å²) >= 11 is 0. The van der Waals surface area contributed by atoms with Gasteiger partial charge in [-0.15, -0.1) is 0 Å². The van der Waals surface area contributed by atoms with E-state index in [0.717, 1.165) is 13.1 Å². The van der Waals surface area contributed by atoms with E-state index >= 15 is 0 Å². The molecule has 0 aromatic carbocycles. The van der Waals surface area contributed by atoms with Crippen molar-refractivity contribution in [3.8, 4) is 0 Å². The molecule has 1 rings (SSSR count). The normalized spacial score (nSPS) is 23.2. The zero-order chi connectivity index (χ0) is 6.04. The van der Waals surface area contributed by atoms with Crippen molar-refractivity contribution in [3.63, 3.8) is 0 Å². The van der Waals surface area contributed by atoms with Crippen LogP contribution in [0.25, 0.3) is 0 Å². The second-order valence-electron chi connectivity index (χ2n) is 2.51. The van der Waals surface area contributed by atoms with Crippen LogP contribution in [0.15, 0.2) is 0 Å². The average Bonchev–Trinajstić information content (AvgIpc) is 2.50. The van der Waals surface area contributed by atoms with Gasteiger partial charge in [-0.25, -0.2) is 0 Å². The smallest absolute Gasteiger partial charge is 0.0305 e. The Morgan fingerprint density at radius 3 is 2.38 bits per heavy atom. The summed E-state index contributed by atoms with van der Waals surface area (Å²) in [6.07, 6.45) is 2.55. The Bertz CT molecular complexity index is 76.6. The summed E-state index contributed by atoms with van der Waals surface area (Å²) < 4.78 is 0. The molecule has 48 valence electrons. The van der Waals surface area contributed by atoms with Gasteiger partial charge in [0.25, 0.3) is 0 Å². The number of hydrogen-bond donors (Lipinski definition) is 2. The molecule has 0 amide bonds. The van der Waals surface area contributed by atoms with Gasteiger partial charge in [0.1, 0.15) is 0 Å². The molecule has 1 aliphatic carbocycles. The first-order chi connectivity index (χ1) is 3.83. The minimum atomic E-state index is 0.370. The monoisotopic (exact) mass is 114 g/mol. The van der Waals surface area contributed by atoms with E-state index in [2.05, 4.69) is 12.2 Å². The second-order valence-corrected chi connectivity index (χ2v) is 2.51. The summed E-state index contributed by atoms with van der Waals surface area (Å²) in [6, 6.07) is 0. The minimum Gasteiger partial charge on any atom is -0.329 e. The molecule has 0 atom stereocenters. The van der Waals surface area contributed by atoms with Crippen LogP contribution in [-0.2, 0) is 0 Å². The molecule has 0 aromatic heterocycles. The number of likely N-dealkylation sites (N-methyl/N-ethyl adjacent to an activating group) is 1. The van der Waals surface area contributed by atoms with Crippen molar-refractivity contribution in [2.24, 2.45) is 5.73 Å². The van der Waals surface area contributed by atoms with Gasteiger partial charge in [0.05, 0.1) is 0 Å². The predicted octanol–water partition coefficient (Wildman–Crippen LogP) is 0.0872. The molecular formula is C6H14N2. The van der Waals surface area contributed by atoms with Crippen molar-refractivity contribution >= 4 is 0 Å². The van der Waals surface area contributed by atoms with Crippen molar-refractivity contribution in [1.82, 2.24) is 5.32 Å². The SMILES string of the molecule is CCNC1(CN)CC1. The maximum Gasteiger partial charge on any atom is 0.0305 e. The van der Waals surface area contributed by atoms with Crippen LogP contribution in [0.1, 0.15) is 19.8 Å². The summed E-state index contributed by atoms with van der Waals surface area (Å²) in [7, 11) is 0. The molecule has 0 aliphatic heterocycles. The lowest BCUT2D eigenvalue weighted by Crippen LogP contribution is -2.38. The number of hydrogen-bond acceptors (Lipinski definition) is 2. The van der Waals surface area contributed by atoms with Crippen LogP contribution >= 0.6 is 0 Å². The standard InChI is InChI=1S/C6H14N2/c1-2-8-6(5-7)3-4-6/h8H,2-5,7H2,1H3. The van der Waals surface area contributed by atoms with Crippen molar-refractivity contribution < 1.29 is 0 Å². The second kappa shape index (κ2) is 2.03. The molecule has 0 radical (unpaired) electrons. The lowest BCUT2D eigenvalue weighted by Gasteiger charge is -2.11. The highest BCUT2D eigenvalue weighted by molar-refractivity contribution is 5.02. The number of rotatable bonds is 3. The fourth-order valence-electron chi connectivity index (χ4n) is 0.979. The fraction of sp³-hybridized carbons (Fsp3) is 1.00. The van der Waals surface area contributed by atoms with E-state index in [1.807, 2.05) is 0 Å². The zero-order valence-electron chi connectivity index (χ0n) is 5.41. The third-order valence-corrected chi connectivity index (χ3v) is 1.80. The maximum absolute atomic E-state index is 5.49. The van der Waals surface area contributed by atoms with Gasteiger partial charge in [-0.1, -0.05) is 6.92 Å². The topological polar surface area (TPSA) is 38.0 Å². The van der Waals surface area contributed by atoms with Crippen LogP contribution in [-0.4, -0.2) is 18.6 Å². The molecule has 3 N–H and O–H groups in total. The van der Waals surface area contributed by atoms with Gasteiger partial charge in [0.15, 0.2) is 0 Å². The third-order valence-electron chi connectivity index (χ3n) is 1.80. The highest BCUT2D eigenvalue weighted by Gasteiger charge is 2.39. The Morgan fingerprint density at radius 2 is 2.25 bits per heavy atom. The van der Waals surface area contributed by atoms with Crippen molar-refractivity contribution in [3.05, 3.63) is 0 Å². The molecular weight excluding hydrogens is 100 g/mol. The van der Waals surface area contributed by atoms with Crippen LogP contribution in [0.3, 0.4) is 0 Å². The van der Waals surface area contributed by atoms with Gasteiger partial charge < -0.3 is 11.1 Å². The minimum absolute atomic E-state index is 0.370. The van der Waals surface area contributed by atoms with E-state index < -0.39 is 0 Å². The summed E-state index contributed by atoms with van der Waals surface area (Å²) in [6.45, 7) is 3.98. The molecule has 0 saturated heterocycles. The van der Waals surface area contributed by atoms with E-state index in [0.29, 0.717) is 5.54 Å². The molecule has 1 fully saturated rings. The van der Waals surface area contributed by atoms with Crippen LogP contribution in [0.2, 0.25) is 0 Å². The van der Waals surface area contributed by atoms with Gasteiger partial charge in [-0.05, 0) is 19.4 Å². The van der Waals surface area contributed by atoms with Gasteiger partial charge in [-0.2, -0.15) is 0 Å². The maximum atomic E-state index is 5.49. The molecule has 0 spiro atoms. The highest BCUT2D eigenvalue weighted by atomic mass is 15.0. The summed E-state index contributed by atoms with van der Waals surface area (Å²) in [5.41, 5.74) is 5.86. The highest BCUT2D eigenvalue weighted by Crippen LogP contribution is 2.33.